The molecule has 5 nitrogen and oxygen atoms in total. The van der Waals surface area contributed by atoms with E-state index >= 15 is 0 Å². The van der Waals surface area contributed by atoms with Gasteiger partial charge in [0.05, 0.1) is 5.52 Å². The number of aryl methyl sites for hydroxylation is 2. The fourth-order valence-electron chi connectivity index (χ4n) is 3.63. The quantitative estimate of drug-likeness (QED) is 0.710. The van der Waals surface area contributed by atoms with Crippen LogP contribution < -0.4 is 11.1 Å². The molecule has 0 saturated heterocycles. The minimum absolute atomic E-state index is 0.411. The molecule has 1 amide bonds. The lowest BCUT2D eigenvalue weighted by Gasteiger charge is -2.15. The molecule has 0 radical (unpaired) electrons. The van der Waals surface area contributed by atoms with Gasteiger partial charge in [-0.3, -0.25) is 4.57 Å². The average molecular weight is 355 g/mol. The normalized spacial score (nSPS) is 13.8. The standard InChI is InChI=1S/C19H19ClN4O/c20-18-10-13(5-8-23-18)2-1-12-3-4-14-15-11-22-7-6-16(15)24(19(21)25)17(14)9-12/h3-5,8-10,22H,1-2,6-7,11H2,(H2,21,25). The number of nitrogens with zero attached hydrogens (tertiary/aromatic N) is 2. The third-order valence-corrected chi connectivity index (χ3v) is 5.01. The van der Waals surface area contributed by atoms with Crippen molar-refractivity contribution in [2.45, 2.75) is 25.8 Å². The molecule has 2 aromatic heterocycles. The Morgan fingerprint density at radius 1 is 1.24 bits per heavy atom. The van der Waals surface area contributed by atoms with Crippen molar-refractivity contribution in [1.82, 2.24) is 14.9 Å². The third-order valence-electron chi connectivity index (χ3n) is 4.80. The molecule has 4 rings (SSSR count). The number of rotatable bonds is 3. The molecule has 1 aromatic carbocycles. The average Bonchev–Trinajstić information content (AvgIpc) is 2.94. The van der Waals surface area contributed by atoms with Crippen molar-refractivity contribution in [3.8, 4) is 0 Å². The number of amides is 1. The molecule has 6 heteroatoms. The minimum Gasteiger partial charge on any atom is -0.351 e. The number of hydrogen-bond donors (Lipinski definition) is 2. The molecule has 0 unspecified atom stereocenters. The maximum absolute atomic E-state index is 12.0. The van der Waals surface area contributed by atoms with E-state index in [1.165, 1.54) is 11.1 Å². The van der Waals surface area contributed by atoms with Gasteiger partial charge in [0.1, 0.15) is 5.15 Å². The van der Waals surface area contributed by atoms with Gasteiger partial charge in [0, 0.05) is 36.8 Å². The van der Waals surface area contributed by atoms with Crippen LogP contribution in [0.1, 0.15) is 22.4 Å². The summed E-state index contributed by atoms with van der Waals surface area (Å²) in [7, 11) is 0. The molecule has 0 saturated carbocycles. The molecule has 128 valence electrons. The van der Waals surface area contributed by atoms with E-state index in [9.17, 15) is 4.79 Å². The van der Waals surface area contributed by atoms with Crippen LogP contribution in [0.5, 0.6) is 0 Å². The van der Waals surface area contributed by atoms with Gasteiger partial charge < -0.3 is 11.1 Å². The van der Waals surface area contributed by atoms with Crippen molar-refractivity contribution in [1.29, 1.82) is 0 Å². The number of primary amides is 1. The van der Waals surface area contributed by atoms with Crippen LogP contribution in [-0.4, -0.2) is 22.1 Å². The van der Waals surface area contributed by atoms with E-state index in [0.717, 1.165) is 54.5 Å². The van der Waals surface area contributed by atoms with Gasteiger partial charge in [0.2, 0.25) is 0 Å². The van der Waals surface area contributed by atoms with Crippen LogP contribution in [0.2, 0.25) is 5.15 Å². The van der Waals surface area contributed by atoms with E-state index in [4.69, 9.17) is 17.3 Å². The van der Waals surface area contributed by atoms with Gasteiger partial charge in [-0.2, -0.15) is 0 Å². The Labute approximate surface area is 150 Å². The highest BCUT2D eigenvalue weighted by Gasteiger charge is 2.22. The summed E-state index contributed by atoms with van der Waals surface area (Å²) in [6.45, 7) is 1.65. The summed E-state index contributed by atoms with van der Waals surface area (Å²) < 4.78 is 1.68. The number of benzene rings is 1. The monoisotopic (exact) mass is 354 g/mol. The predicted molar refractivity (Wildman–Crippen MR) is 99.0 cm³/mol. The molecule has 1 aliphatic heterocycles. The summed E-state index contributed by atoms with van der Waals surface area (Å²) >= 11 is 5.95. The first-order chi connectivity index (χ1) is 12.1. The summed E-state index contributed by atoms with van der Waals surface area (Å²) in [4.78, 5) is 16.0. The number of aromatic nitrogens is 2. The second kappa shape index (κ2) is 6.50. The Morgan fingerprint density at radius 3 is 2.80 bits per heavy atom. The van der Waals surface area contributed by atoms with Gasteiger partial charge in [0.25, 0.3) is 0 Å². The maximum Gasteiger partial charge on any atom is 0.323 e. The lowest BCUT2D eigenvalue weighted by atomic mass is 10.0. The maximum atomic E-state index is 12.0. The van der Waals surface area contributed by atoms with Gasteiger partial charge in [-0.25, -0.2) is 9.78 Å². The predicted octanol–water partition coefficient (Wildman–Crippen LogP) is 3.05. The van der Waals surface area contributed by atoms with Crippen LogP contribution in [-0.2, 0) is 25.8 Å². The molecule has 0 fully saturated rings. The first-order valence-electron chi connectivity index (χ1n) is 8.39. The molecule has 3 heterocycles. The van der Waals surface area contributed by atoms with Gasteiger partial charge in [0.15, 0.2) is 0 Å². The molecule has 1 aliphatic rings. The number of pyridine rings is 1. The summed E-state index contributed by atoms with van der Waals surface area (Å²) in [6, 6.07) is 9.77. The largest absolute Gasteiger partial charge is 0.351 e. The molecule has 0 aliphatic carbocycles. The molecule has 0 atom stereocenters. The Kier molecular flexibility index (Phi) is 4.19. The highest BCUT2D eigenvalue weighted by Crippen LogP contribution is 2.29. The van der Waals surface area contributed by atoms with Crippen LogP contribution in [0.3, 0.4) is 0 Å². The Hall–Kier alpha value is -2.37. The van der Waals surface area contributed by atoms with E-state index in [-0.39, 0.29) is 0 Å². The molecule has 3 N–H and O–H groups in total. The van der Waals surface area contributed by atoms with Gasteiger partial charge in [-0.15, -0.1) is 0 Å². The highest BCUT2D eigenvalue weighted by molar-refractivity contribution is 6.29. The lowest BCUT2D eigenvalue weighted by molar-refractivity contribution is 0.250. The number of nitrogens with two attached hydrogens (primary N) is 1. The number of carbonyl (C=O) groups is 1. The Balaban J connectivity index is 1.70. The van der Waals surface area contributed by atoms with Crippen LogP contribution >= 0.6 is 11.6 Å². The van der Waals surface area contributed by atoms with E-state index in [1.54, 1.807) is 10.8 Å². The third kappa shape index (κ3) is 3.01. The molecule has 0 spiro atoms. The van der Waals surface area contributed by atoms with Crippen molar-refractivity contribution in [2.75, 3.05) is 6.54 Å². The Bertz CT molecular complexity index is 963. The fraction of sp³-hybridized carbons (Fsp3) is 0.263. The van der Waals surface area contributed by atoms with E-state index < -0.39 is 6.03 Å². The highest BCUT2D eigenvalue weighted by atomic mass is 35.5. The van der Waals surface area contributed by atoms with E-state index in [2.05, 4.69) is 28.5 Å². The van der Waals surface area contributed by atoms with Crippen molar-refractivity contribution < 1.29 is 4.79 Å². The van der Waals surface area contributed by atoms with E-state index in [1.807, 2.05) is 12.1 Å². The summed E-state index contributed by atoms with van der Waals surface area (Å²) in [5, 5.41) is 4.99. The molecule has 3 aromatic rings. The number of halogens is 1. The van der Waals surface area contributed by atoms with Crippen LogP contribution in [0, 0.1) is 0 Å². The molecular formula is C19H19ClN4O. The molecule has 25 heavy (non-hydrogen) atoms. The minimum atomic E-state index is -0.411. The number of carbonyl (C=O) groups excluding carboxylic acids is 1. The van der Waals surface area contributed by atoms with Crippen LogP contribution in [0.15, 0.2) is 36.5 Å². The summed E-state index contributed by atoms with van der Waals surface area (Å²) in [5.41, 5.74) is 11.1. The lowest BCUT2D eigenvalue weighted by Crippen LogP contribution is -2.28. The molecular weight excluding hydrogens is 336 g/mol. The summed E-state index contributed by atoms with van der Waals surface area (Å²) in [6.07, 6.45) is 4.27. The van der Waals surface area contributed by atoms with Crippen molar-refractivity contribution >= 4 is 28.5 Å². The second-order valence-corrected chi connectivity index (χ2v) is 6.75. The smallest absolute Gasteiger partial charge is 0.323 e. The van der Waals surface area contributed by atoms with Crippen molar-refractivity contribution in [3.63, 3.8) is 0 Å². The summed E-state index contributed by atoms with van der Waals surface area (Å²) in [5.74, 6) is 0. The number of fused-ring (bicyclic) bond motifs is 3. The second-order valence-electron chi connectivity index (χ2n) is 6.36. The van der Waals surface area contributed by atoms with E-state index in [0.29, 0.717) is 5.15 Å². The van der Waals surface area contributed by atoms with Gasteiger partial charge in [-0.1, -0.05) is 23.7 Å². The molecule has 0 bridgehead atoms. The van der Waals surface area contributed by atoms with Crippen LogP contribution in [0.25, 0.3) is 10.9 Å². The SMILES string of the molecule is NC(=O)n1c2c(c3ccc(CCc4ccnc(Cl)c4)cc31)CNCC2. The Morgan fingerprint density at radius 2 is 2.04 bits per heavy atom. The van der Waals surface area contributed by atoms with Gasteiger partial charge >= 0.3 is 6.03 Å². The first-order valence-corrected chi connectivity index (χ1v) is 8.77. The number of nitrogens with one attached hydrogen (secondary N) is 1. The fourth-order valence-corrected chi connectivity index (χ4v) is 3.82. The zero-order chi connectivity index (χ0) is 17.4. The zero-order valence-corrected chi connectivity index (χ0v) is 14.5. The topological polar surface area (TPSA) is 72.9 Å². The zero-order valence-electron chi connectivity index (χ0n) is 13.8. The van der Waals surface area contributed by atoms with Crippen molar-refractivity contribution in [3.05, 3.63) is 64.1 Å². The van der Waals surface area contributed by atoms with Crippen molar-refractivity contribution in [2.24, 2.45) is 5.73 Å². The number of hydrogen-bond acceptors (Lipinski definition) is 3. The first kappa shape index (κ1) is 16.1. The van der Waals surface area contributed by atoms with Gasteiger partial charge in [-0.05, 0) is 47.7 Å². The van der Waals surface area contributed by atoms with Crippen LogP contribution in [0.4, 0.5) is 4.79 Å².